The minimum Gasteiger partial charge on any atom is -0.870 e. The van der Waals surface area contributed by atoms with E-state index in [9.17, 15) is 0 Å². The van der Waals surface area contributed by atoms with Crippen molar-refractivity contribution in [3.05, 3.63) is 60.7 Å². The molecule has 2 rings (SSSR count). The van der Waals surface area contributed by atoms with Crippen LogP contribution in [-0.4, -0.2) is 22.8 Å². The third kappa shape index (κ3) is 18.2. The van der Waals surface area contributed by atoms with Crippen LogP contribution >= 0.6 is 0 Å². The smallest absolute Gasteiger partial charge is 0.339 e. The Balaban J connectivity index is 0. The van der Waals surface area contributed by atoms with Crippen molar-refractivity contribution >= 4 is 13.5 Å². The van der Waals surface area contributed by atoms with Crippen LogP contribution in [0, 0.1) is 0 Å². The molecule has 0 aliphatic heterocycles. The Morgan fingerprint density at radius 2 is 0.947 bits per heavy atom. The zero-order valence-electron chi connectivity index (χ0n) is 10.5. The van der Waals surface area contributed by atoms with E-state index in [0.29, 0.717) is 0 Å². The molecule has 0 fully saturated rings. The predicted molar refractivity (Wildman–Crippen MR) is 64.3 cm³/mol. The van der Waals surface area contributed by atoms with Gasteiger partial charge in [-0.2, -0.15) is 0 Å². The first-order valence-corrected chi connectivity index (χ1v) is 10.8. The summed E-state index contributed by atoms with van der Waals surface area (Å²) in [6.07, 6.45) is 0. The molecule has 2 aromatic carbocycles. The maximum atomic E-state index is 8.64. The van der Waals surface area contributed by atoms with E-state index in [-0.39, 0.29) is 5.48 Å². The van der Waals surface area contributed by atoms with Gasteiger partial charge in [0, 0.05) is 0 Å². The van der Waals surface area contributed by atoms with Crippen LogP contribution < -0.4 is 11.2 Å². The van der Waals surface area contributed by atoms with Gasteiger partial charge in [0.1, 0.15) is 0 Å². The zero-order chi connectivity index (χ0) is 13.8. The molecule has 0 saturated heterocycles. The van der Waals surface area contributed by atoms with Gasteiger partial charge in [-0.15, -0.1) is 0 Å². The molecule has 7 heteroatoms. The fraction of sp³-hybridized carbons (Fsp3) is 0. The topological polar surface area (TPSA) is 93.5 Å². The van der Waals surface area contributed by atoms with Crippen molar-refractivity contribution < 1.29 is 72.8 Å². The predicted octanol–water partition coefficient (Wildman–Crippen LogP) is -1.14. The van der Waals surface area contributed by atoms with Crippen molar-refractivity contribution in [2.75, 3.05) is 0 Å². The molecule has 3 N–H and O–H groups in total. The second kappa shape index (κ2) is 14.6. The molecule has 0 spiro atoms. The molecule has 0 amide bonds. The number of benzene rings is 2. The van der Waals surface area contributed by atoms with Crippen LogP contribution in [0.4, 0.5) is 0 Å². The van der Waals surface area contributed by atoms with Gasteiger partial charge in [-0.05, 0) is 0 Å². The van der Waals surface area contributed by atoms with Gasteiger partial charge in [0.25, 0.3) is 0 Å². The van der Waals surface area contributed by atoms with Gasteiger partial charge < -0.3 is 20.5 Å². The number of hydrogen-bond donors (Lipinski definition) is 2. The van der Waals surface area contributed by atoms with E-state index >= 15 is 0 Å². The van der Waals surface area contributed by atoms with Gasteiger partial charge >= 0.3 is 126 Å². The van der Waals surface area contributed by atoms with Crippen LogP contribution in [0.15, 0.2) is 60.7 Å². The molecule has 19 heavy (non-hydrogen) atoms. The second-order valence-corrected chi connectivity index (χ2v) is 9.65. The van der Waals surface area contributed by atoms with Crippen LogP contribution in [0.25, 0.3) is 0 Å². The summed E-state index contributed by atoms with van der Waals surface area (Å²) in [6, 6.07) is 21.1. The molecular formula is C12H13BHg2O4. The van der Waals surface area contributed by atoms with Gasteiger partial charge in [-0.25, -0.2) is 0 Å². The van der Waals surface area contributed by atoms with Gasteiger partial charge in [0.15, 0.2) is 0 Å². The Morgan fingerprint density at radius 1 is 0.737 bits per heavy atom. The quantitative estimate of drug-likeness (QED) is 0.359. The van der Waals surface area contributed by atoms with E-state index in [1.165, 1.54) is 6.14 Å². The standard InChI is InChI=1S/2C6H5.BH2O3.2Hg.H2O/c2*1-2-4-6-5-3-1;2-1(3)4;;;/h2*1-5H;2-3H;;;1H2/q;;-1;2*+1;/p-1. The summed E-state index contributed by atoms with van der Waals surface area (Å²) in [5.74, 6) is 0. The maximum Gasteiger partial charge on any atom is 0.339 e. The largest absolute Gasteiger partial charge is 0.870 e. The molecular weight excluding hydrogens is 620 g/mol. The second-order valence-electron chi connectivity index (χ2n) is 3.30. The first-order chi connectivity index (χ1) is 8.52. The summed E-state index contributed by atoms with van der Waals surface area (Å²) in [5.41, 5.74) is 0. The molecule has 0 bridgehead atoms. The minimum absolute atomic E-state index is 0. The Labute approximate surface area is 145 Å². The molecule has 0 aliphatic rings. The van der Waals surface area contributed by atoms with Gasteiger partial charge in [0.2, 0.25) is 0 Å². The van der Waals surface area contributed by atoms with E-state index in [1.54, 1.807) is 0 Å². The zero-order valence-corrected chi connectivity index (χ0v) is 21.5. The van der Waals surface area contributed by atoms with E-state index in [0.717, 1.165) is 52.2 Å². The maximum absolute atomic E-state index is 8.64. The van der Waals surface area contributed by atoms with Gasteiger partial charge in [0.05, 0.1) is 0 Å². The summed E-state index contributed by atoms with van der Waals surface area (Å²) >= 11 is 1.62. The van der Waals surface area contributed by atoms with Crippen molar-refractivity contribution in [2.24, 2.45) is 0 Å². The Morgan fingerprint density at radius 3 is 1.05 bits per heavy atom. The molecule has 0 aliphatic carbocycles. The molecule has 0 saturated carbocycles. The van der Waals surface area contributed by atoms with Crippen LogP contribution in [0.2, 0.25) is 0 Å². The molecule has 0 radical (unpaired) electrons. The van der Waals surface area contributed by atoms with Crippen LogP contribution in [0.3, 0.4) is 0 Å². The summed E-state index contributed by atoms with van der Waals surface area (Å²) in [5, 5.41) is 22.8. The molecule has 0 unspecified atom stereocenters. The van der Waals surface area contributed by atoms with E-state index < -0.39 is 7.32 Å². The summed E-state index contributed by atoms with van der Waals surface area (Å²) in [7, 11) is -2.42. The van der Waals surface area contributed by atoms with Crippen LogP contribution in [-0.2, 0) is 52.2 Å². The third-order valence-corrected chi connectivity index (χ3v) is 5.35. The minimum atomic E-state index is -2.42. The molecule has 2 aromatic rings. The Kier molecular flexibility index (Phi) is 16.6. The molecule has 92 valence electrons. The van der Waals surface area contributed by atoms with Crippen molar-refractivity contribution in [1.29, 1.82) is 0 Å². The monoisotopic (exact) mass is 636 g/mol. The van der Waals surface area contributed by atoms with E-state index in [2.05, 4.69) is 60.7 Å². The first-order valence-electron chi connectivity index (χ1n) is 5.28. The summed E-state index contributed by atoms with van der Waals surface area (Å²) in [4.78, 5) is 0. The molecule has 0 aromatic heterocycles. The molecule has 0 heterocycles. The fourth-order valence-corrected chi connectivity index (χ4v) is 3.07. The van der Waals surface area contributed by atoms with Crippen LogP contribution in [0.1, 0.15) is 0 Å². The SMILES string of the molecule is [Hg+][c]1ccccc1.[Hg+][c]1ccccc1.[O-]B(O)O.[OH-]. The number of hydrogen-bond acceptors (Lipinski definition) is 4. The third-order valence-electron chi connectivity index (χ3n) is 1.69. The van der Waals surface area contributed by atoms with Crippen molar-refractivity contribution in [1.82, 2.24) is 0 Å². The van der Waals surface area contributed by atoms with Gasteiger partial charge in [-0.3, -0.25) is 0 Å². The van der Waals surface area contributed by atoms with E-state index in [1.807, 2.05) is 0 Å². The fourth-order valence-electron chi connectivity index (χ4n) is 0.956. The summed E-state index contributed by atoms with van der Waals surface area (Å²) < 4.78 is 3.03. The molecule has 4 nitrogen and oxygen atoms in total. The van der Waals surface area contributed by atoms with Crippen molar-refractivity contribution in [3.8, 4) is 0 Å². The van der Waals surface area contributed by atoms with Gasteiger partial charge in [-0.1, -0.05) is 0 Å². The van der Waals surface area contributed by atoms with Crippen molar-refractivity contribution in [2.45, 2.75) is 0 Å². The van der Waals surface area contributed by atoms with Crippen molar-refractivity contribution in [3.63, 3.8) is 0 Å². The average Bonchev–Trinajstić information content (AvgIpc) is 2.31. The Hall–Kier alpha value is 0.215. The summed E-state index contributed by atoms with van der Waals surface area (Å²) in [6.45, 7) is 0. The molecule has 0 atom stereocenters. The number of rotatable bonds is 0. The average molecular weight is 633 g/mol. The van der Waals surface area contributed by atoms with E-state index in [4.69, 9.17) is 15.1 Å². The normalized spacial score (nSPS) is 7.95. The Bertz CT molecular complexity index is 361. The van der Waals surface area contributed by atoms with Crippen LogP contribution in [0.5, 0.6) is 0 Å². The first kappa shape index (κ1) is 21.5.